The van der Waals surface area contributed by atoms with Crippen molar-refractivity contribution in [2.45, 2.75) is 43.9 Å². The summed E-state index contributed by atoms with van der Waals surface area (Å²) in [4.78, 5) is 17.1. The Balaban J connectivity index is 1.65. The minimum absolute atomic E-state index is 0.0226. The molecule has 1 N–H and O–H groups in total. The van der Waals surface area contributed by atoms with Gasteiger partial charge in [0, 0.05) is 45.7 Å². The zero-order valence-electron chi connectivity index (χ0n) is 19.3. The molecule has 8 nitrogen and oxygen atoms in total. The molecule has 180 valence electrons. The topological polar surface area (TPSA) is 82.2 Å². The molecule has 1 aromatic rings. The van der Waals surface area contributed by atoms with Crippen molar-refractivity contribution in [1.29, 1.82) is 0 Å². The van der Waals surface area contributed by atoms with Gasteiger partial charge in [0.1, 0.15) is 5.75 Å². The highest BCUT2D eigenvalue weighted by Crippen LogP contribution is 2.21. The van der Waals surface area contributed by atoms with Crippen molar-refractivity contribution >= 4 is 15.9 Å². The standard InChI is InChI=1S/C23H38N4O4S/c1-2-31-21-7-9-22(10-8-21)32(29,30)27(17-6-16-25-14-4-3-5-15-25)18-11-23(28)26-19-12-24-13-20-26/h7-10,24H,2-6,11-20H2,1H3. The van der Waals surface area contributed by atoms with E-state index in [9.17, 15) is 13.2 Å². The van der Waals surface area contributed by atoms with E-state index in [4.69, 9.17) is 4.74 Å². The van der Waals surface area contributed by atoms with E-state index < -0.39 is 10.0 Å². The number of hydrogen-bond donors (Lipinski definition) is 1. The van der Waals surface area contributed by atoms with Crippen LogP contribution in [0.3, 0.4) is 0 Å². The van der Waals surface area contributed by atoms with Gasteiger partial charge in [-0.15, -0.1) is 0 Å². The quantitative estimate of drug-likeness (QED) is 0.535. The number of piperidine rings is 1. The highest BCUT2D eigenvalue weighted by molar-refractivity contribution is 7.89. The van der Waals surface area contributed by atoms with Crippen molar-refractivity contribution in [2.75, 3.05) is 65.5 Å². The zero-order chi connectivity index (χ0) is 22.8. The van der Waals surface area contributed by atoms with Crippen LogP contribution in [0.15, 0.2) is 29.2 Å². The van der Waals surface area contributed by atoms with E-state index in [0.29, 0.717) is 32.0 Å². The molecule has 0 atom stereocenters. The molecule has 2 fully saturated rings. The van der Waals surface area contributed by atoms with Gasteiger partial charge in [0.15, 0.2) is 0 Å². The molecule has 3 rings (SSSR count). The molecular formula is C23H38N4O4S. The van der Waals surface area contributed by atoms with Gasteiger partial charge in [0.2, 0.25) is 15.9 Å². The number of hydrogen-bond acceptors (Lipinski definition) is 6. The Kier molecular flexibility index (Phi) is 9.77. The summed E-state index contributed by atoms with van der Waals surface area (Å²) in [6.07, 6.45) is 4.68. The first kappa shape index (κ1) is 25.0. The van der Waals surface area contributed by atoms with Gasteiger partial charge in [-0.1, -0.05) is 6.42 Å². The van der Waals surface area contributed by atoms with Crippen LogP contribution in [0.25, 0.3) is 0 Å². The van der Waals surface area contributed by atoms with Crippen molar-refractivity contribution < 1.29 is 17.9 Å². The second-order valence-corrected chi connectivity index (χ2v) is 10.4. The smallest absolute Gasteiger partial charge is 0.243 e. The van der Waals surface area contributed by atoms with Gasteiger partial charge in [-0.2, -0.15) is 4.31 Å². The summed E-state index contributed by atoms with van der Waals surface area (Å²) in [5.74, 6) is 0.673. The minimum Gasteiger partial charge on any atom is -0.494 e. The Morgan fingerprint density at radius 3 is 2.38 bits per heavy atom. The molecule has 1 amide bonds. The van der Waals surface area contributed by atoms with Gasteiger partial charge in [-0.05, 0) is 70.1 Å². The molecule has 0 saturated carbocycles. The fourth-order valence-electron chi connectivity index (χ4n) is 4.32. The maximum absolute atomic E-state index is 13.4. The number of sulfonamides is 1. The molecule has 32 heavy (non-hydrogen) atoms. The average Bonchev–Trinajstić information content (AvgIpc) is 2.82. The summed E-state index contributed by atoms with van der Waals surface area (Å²) in [6.45, 7) is 9.05. The zero-order valence-corrected chi connectivity index (χ0v) is 20.1. The van der Waals surface area contributed by atoms with Crippen LogP contribution in [0.5, 0.6) is 5.75 Å². The van der Waals surface area contributed by atoms with Gasteiger partial charge < -0.3 is 19.9 Å². The van der Waals surface area contributed by atoms with Crippen molar-refractivity contribution in [2.24, 2.45) is 0 Å². The van der Waals surface area contributed by atoms with E-state index in [1.807, 2.05) is 11.8 Å². The number of amides is 1. The third-order valence-corrected chi connectivity index (χ3v) is 8.06. The van der Waals surface area contributed by atoms with Gasteiger partial charge in [-0.25, -0.2) is 8.42 Å². The average molecular weight is 467 g/mol. The first-order valence-corrected chi connectivity index (χ1v) is 13.4. The molecule has 0 unspecified atom stereocenters. The van der Waals surface area contributed by atoms with E-state index in [0.717, 1.165) is 39.1 Å². The van der Waals surface area contributed by atoms with Crippen molar-refractivity contribution in [3.63, 3.8) is 0 Å². The number of piperazine rings is 1. The van der Waals surface area contributed by atoms with E-state index in [1.165, 1.54) is 23.6 Å². The second kappa shape index (κ2) is 12.5. The maximum Gasteiger partial charge on any atom is 0.243 e. The Morgan fingerprint density at radius 2 is 1.72 bits per heavy atom. The second-order valence-electron chi connectivity index (χ2n) is 8.45. The van der Waals surface area contributed by atoms with Crippen molar-refractivity contribution in [3.05, 3.63) is 24.3 Å². The molecule has 2 heterocycles. The third kappa shape index (κ3) is 7.16. The number of ether oxygens (including phenoxy) is 1. The summed E-state index contributed by atoms with van der Waals surface area (Å²) in [6, 6.07) is 6.56. The summed E-state index contributed by atoms with van der Waals surface area (Å²) >= 11 is 0. The number of carbonyl (C=O) groups is 1. The summed E-state index contributed by atoms with van der Waals surface area (Å²) in [7, 11) is -3.69. The molecule has 1 aromatic carbocycles. The van der Waals surface area contributed by atoms with E-state index in [-0.39, 0.29) is 23.8 Å². The summed E-state index contributed by atoms with van der Waals surface area (Å²) in [5, 5.41) is 3.24. The SMILES string of the molecule is CCOc1ccc(S(=O)(=O)N(CCCN2CCCCC2)CCC(=O)N2CCNCC2)cc1. The highest BCUT2D eigenvalue weighted by atomic mass is 32.2. The molecule has 0 aliphatic carbocycles. The Bertz CT molecular complexity index is 804. The summed E-state index contributed by atoms with van der Waals surface area (Å²) < 4.78 is 33.8. The van der Waals surface area contributed by atoms with Gasteiger partial charge >= 0.3 is 0 Å². The van der Waals surface area contributed by atoms with Gasteiger partial charge in [0.05, 0.1) is 11.5 Å². The first-order valence-electron chi connectivity index (χ1n) is 11.9. The molecule has 2 aliphatic rings. The van der Waals surface area contributed by atoms with Crippen LogP contribution >= 0.6 is 0 Å². The summed E-state index contributed by atoms with van der Waals surface area (Å²) in [5.41, 5.74) is 0. The lowest BCUT2D eigenvalue weighted by Gasteiger charge is -2.30. The number of nitrogens with one attached hydrogen (secondary N) is 1. The largest absolute Gasteiger partial charge is 0.494 e. The molecule has 0 aromatic heterocycles. The van der Waals surface area contributed by atoms with Crippen LogP contribution < -0.4 is 10.1 Å². The fraction of sp³-hybridized carbons (Fsp3) is 0.696. The fourth-order valence-corrected chi connectivity index (χ4v) is 5.80. The lowest BCUT2D eigenvalue weighted by atomic mass is 10.1. The predicted molar refractivity (Wildman–Crippen MR) is 125 cm³/mol. The third-order valence-electron chi connectivity index (χ3n) is 6.15. The molecule has 0 bridgehead atoms. The number of nitrogens with zero attached hydrogens (tertiary/aromatic N) is 3. The van der Waals surface area contributed by atoms with E-state index >= 15 is 0 Å². The van der Waals surface area contributed by atoms with E-state index in [2.05, 4.69) is 10.2 Å². The number of likely N-dealkylation sites (tertiary alicyclic amines) is 1. The number of rotatable bonds is 11. The van der Waals surface area contributed by atoms with Crippen LogP contribution in [-0.2, 0) is 14.8 Å². The molecular weight excluding hydrogens is 428 g/mol. The van der Waals surface area contributed by atoms with Crippen LogP contribution in [-0.4, -0.2) is 93.9 Å². The molecule has 0 spiro atoms. The molecule has 2 aliphatic heterocycles. The number of carbonyl (C=O) groups excluding carboxylic acids is 1. The lowest BCUT2D eigenvalue weighted by Crippen LogP contribution is -2.47. The van der Waals surface area contributed by atoms with Gasteiger partial charge in [0.25, 0.3) is 0 Å². The maximum atomic E-state index is 13.4. The molecule has 0 radical (unpaired) electrons. The lowest BCUT2D eigenvalue weighted by molar-refractivity contribution is -0.131. The minimum atomic E-state index is -3.69. The van der Waals surface area contributed by atoms with Crippen LogP contribution in [0, 0.1) is 0 Å². The van der Waals surface area contributed by atoms with Crippen molar-refractivity contribution in [1.82, 2.24) is 19.4 Å². The van der Waals surface area contributed by atoms with Crippen LogP contribution in [0.4, 0.5) is 0 Å². The molecule has 9 heteroatoms. The van der Waals surface area contributed by atoms with Crippen LogP contribution in [0.2, 0.25) is 0 Å². The van der Waals surface area contributed by atoms with Gasteiger partial charge in [-0.3, -0.25) is 4.79 Å². The van der Waals surface area contributed by atoms with Crippen molar-refractivity contribution in [3.8, 4) is 5.75 Å². The molecule has 2 saturated heterocycles. The van der Waals surface area contributed by atoms with E-state index in [1.54, 1.807) is 24.3 Å². The monoisotopic (exact) mass is 466 g/mol. The number of benzene rings is 1. The van der Waals surface area contributed by atoms with Crippen LogP contribution in [0.1, 0.15) is 39.0 Å². The predicted octanol–water partition coefficient (Wildman–Crippen LogP) is 1.77. The first-order chi connectivity index (χ1) is 15.5. The normalized spacial score (nSPS) is 18.1. The Morgan fingerprint density at radius 1 is 1.03 bits per heavy atom. The Labute approximate surface area is 192 Å². The Hall–Kier alpha value is -1.68. The highest BCUT2D eigenvalue weighted by Gasteiger charge is 2.26.